The minimum atomic E-state index is -0.641. The molecule has 120 valence electrons. The molecular formula is C16H21NO5. The summed E-state index contributed by atoms with van der Waals surface area (Å²) in [4.78, 5) is 26.9. The van der Waals surface area contributed by atoms with Crippen LogP contribution in [-0.2, 0) is 23.8 Å². The van der Waals surface area contributed by atoms with Crippen LogP contribution in [0, 0.1) is 11.8 Å². The van der Waals surface area contributed by atoms with Gasteiger partial charge >= 0.3 is 5.97 Å². The van der Waals surface area contributed by atoms with Gasteiger partial charge in [-0.3, -0.25) is 9.59 Å². The van der Waals surface area contributed by atoms with Crippen LogP contribution in [0.5, 0.6) is 0 Å². The molecule has 22 heavy (non-hydrogen) atoms. The van der Waals surface area contributed by atoms with Crippen LogP contribution in [0.2, 0.25) is 0 Å². The number of hydrogen-bond acceptors (Lipinski definition) is 5. The lowest BCUT2D eigenvalue weighted by Crippen LogP contribution is -2.40. The van der Waals surface area contributed by atoms with Crippen LogP contribution in [0.4, 0.5) is 0 Å². The maximum Gasteiger partial charge on any atom is 0.312 e. The number of esters is 1. The fourth-order valence-electron chi connectivity index (χ4n) is 4.27. The average Bonchev–Trinajstić information content (AvgIpc) is 3.23. The largest absolute Gasteiger partial charge is 0.466 e. The SMILES string of the molecule is CCOC(=O)[C@H]1[C@H]2C(=O)N(C[C@H]3CCCO3)C[C@]23C=C[C@H]1O3. The third-order valence-corrected chi connectivity index (χ3v) is 5.19. The summed E-state index contributed by atoms with van der Waals surface area (Å²) in [7, 11) is 0. The first-order valence-electron chi connectivity index (χ1n) is 8.09. The zero-order valence-electron chi connectivity index (χ0n) is 12.7. The molecule has 0 N–H and O–H groups in total. The van der Waals surface area contributed by atoms with Crippen LogP contribution in [0.25, 0.3) is 0 Å². The molecule has 6 heteroatoms. The van der Waals surface area contributed by atoms with E-state index in [1.54, 1.807) is 11.8 Å². The quantitative estimate of drug-likeness (QED) is 0.559. The summed E-state index contributed by atoms with van der Waals surface area (Å²) in [5.41, 5.74) is -0.641. The van der Waals surface area contributed by atoms with Crippen molar-refractivity contribution in [3.05, 3.63) is 12.2 Å². The van der Waals surface area contributed by atoms with Gasteiger partial charge in [0.15, 0.2) is 0 Å². The Labute approximate surface area is 129 Å². The maximum atomic E-state index is 12.8. The summed E-state index contributed by atoms with van der Waals surface area (Å²) in [5, 5.41) is 0. The van der Waals surface area contributed by atoms with E-state index in [1.807, 2.05) is 12.2 Å². The van der Waals surface area contributed by atoms with Crippen LogP contribution >= 0.6 is 0 Å². The van der Waals surface area contributed by atoms with Gasteiger partial charge in [0.05, 0.1) is 31.3 Å². The molecule has 0 saturated carbocycles. The Morgan fingerprint density at radius 3 is 3.14 bits per heavy atom. The number of fused-ring (bicyclic) bond motifs is 1. The van der Waals surface area contributed by atoms with Gasteiger partial charge in [-0.1, -0.05) is 12.2 Å². The van der Waals surface area contributed by atoms with E-state index in [-0.39, 0.29) is 24.1 Å². The number of hydrogen-bond donors (Lipinski definition) is 0. The molecule has 0 aromatic rings. The number of rotatable bonds is 4. The topological polar surface area (TPSA) is 65.1 Å². The van der Waals surface area contributed by atoms with Gasteiger partial charge in [0, 0.05) is 13.2 Å². The van der Waals surface area contributed by atoms with Crippen LogP contribution in [0.15, 0.2) is 12.2 Å². The lowest BCUT2D eigenvalue weighted by Gasteiger charge is -2.23. The Hall–Kier alpha value is -1.40. The first kappa shape index (κ1) is 14.2. The molecule has 0 unspecified atom stereocenters. The molecular weight excluding hydrogens is 286 g/mol. The summed E-state index contributed by atoms with van der Waals surface area (Å²) in [6.07, 6.45) is 5.69. The molecule has 4 aliphatic heterocycles. The van der Waals surface area contributed by atoms with Crippen LogP contribution in [0.1, 0.15) is 19.8 Å². The maximum absolute atomic E-state index is 12.8. The van der Waals surface area contributed by atoms with Crippen molar-refractivity contribution >= 4 is 11.9 Å². The molecule has 0 aromatic heterocycles. The van der Waals surface area contributed by atoms with Crippen LogP contribution in [0.3, 0.4) is 0 Å². The summed E-state index contributed by atoms with van der Waals surface area (Å²) >= 11 is 0. The number of likely N-dealkylation sites (tertiary alicyclic amines) is 1. The normalized spacial score (nSPS) is 42.2. The van der Waals surface area contributed by atoms with Crippen molar-refractivity contribution in [1.29, 1.82) is 0 Å². The van der Waals surface area contributed by atoms with Crippen molar-refractivity contribution in [2.45, 2.75) is 37.6 Å². The first-order valence-corrected chi connectivity index (χ1v) is 8.09. The molecule has 0 radical (unpaired) electrons. The Morgan fingerprint density at radius 1 is 1.55 bits per heavy atom. The zero-order chi connectivity index (χ0) is 15.3. The zero-order valence-corrected chi connectivity index (χ0v) is 12.7. The lowest BCUT2D eigenvalue weighted by molar-refractivity contribution is -0.153. The van der Waals surface area contributed by atoms with E-state index in [9.17, 15) is 9.59 Å². The molecule has 3 fully saturated rings. The molecule has 0 aromatic carbocycles. The van der Waals surface area contributed by atoms with E-state index >= 15 is 0 Å². The minimum absolute atomic E-state index is 0.000373. The fourth-order valence-corrected chi connectivity index (χ4v) is 4.27. The molecule has 6 nitrogen and oxygen atoms in total. The summed E-state index contributed by atoms with van der Waals surface area (Å²) in [6, 6.07) is 0. The second kappa shape index (κ2) is 5.06. The fraction of sp³-hybridized carbons (Fsp3) is 0.750. The van der Waals surface area contributed by atoms with E-state index in [2.05, 4.69) is 0 Å². The van der Waals surface area contributed by atoms with Crippen molar-refractivity contribution < 1.29 is 23.8 Å². The second-order valence-corrected chi connectivity index (χ2v) is 6.51. The average molecular weight is 307 g/mol. The van der Waals surface area contributed by atoms with Gasteiger partial charge < -0.3 is 19.1 Å². The standard InChI is InChI=1S/C16H21NO5/c1-2-20-15(19)12-11-5-6-16(22-11)9-17(14(18)13(12)16)8-10-4-3-7-21-10/h5-6,10-13H,2-4,7-9H2,1H3/t10-,11-,12-,13+,16-/m1/s1. The lowest BCUT2D eigenvalue weighted by atomic mass is 9.77. The molecule has 1 spiro atoms. The molecule has 2 bridgehead atoms. The predicted molar refractivity (Wildman–Crippen MR) is 75.9 cm³/mol. The number of nitrogens with zero attached hydrogens (tertiary/aromatic N) is 1. The third kappa shape index (κ3) is 1.93. The predicted octanol–water partition coefficient (Wildman–Crippen LogP) is 0.511. The summed E-state index contributed by atoms with van der Waals surface area (Å²) < 4.78 is 16.8. The van der Waals surface area contributed by atoms with Gasteiger partial charge in [0.25, 0.3) is 0 Å². The van der Waals surface area contributed by atoms with Crippen molar-refractivity contribution in [1.82, 2.24) is 4.90 Å². The smallest absolute Gasteiger partial charge is 0.312 e. The van der Waals surface area contributed by atoms with Gasteiger partial charge in [-0.2, -0.15) is 0 Å². The number of amides is 1. The molecule has 4 heterocycles. The van der Waals surface area contributed by atoms with E-state index in [1.165, 1.54) is 0 Å². The Balaban J connectivity index is 1.55. The Kier molecular flexibility index (Phi) is 3.27. The van der Waals surface area contributed by atoms with E-state index in [0.717, 1.165) is 19.4 Å². The summed E-state index contributed by atoms with van der Waals surface area (Å²) in [5.74, 6) is -1.27. The van der Waals surface area contributed by atoms with Crippen molar-refractivity contribution in [2.24, 2.45) is 11.8 Å². The van der Waals surface area contributed by atoms with E-state index < -0.39 is 17.4 Å². The highest BCUT2D eigenvalue weighted by molar-refractivity contribution is 5.91. The molecule has 4 aliphatic rings. The highest BCUT2D eigenvalue weighted by Gasteiger charge is 2.67. The van der Waals surface area contributed by atoms with Gasteiger partial charge in [-0.05, 0) is 19.8 Å². The molecule has 1 amide bonds. The molecule has 5 atom stereocenters. The Morgan fingerprint density at radius 2 is 2.41 bits per heavy atom. The molecule has 3 saturated heterocycles. The first-order chi connectivity index (χ1) is 10.6. The summed E-state index contributed by atoms with van der Waals surface area (Å²) in [6.45, 7) is 3.97. The van der Waals surface area contributed by atoms with E-state index in [0.29, 0.717) is 19.7 Å². The highest BCUT2D eigenvalue weighted by atomic mass is 16.6. The van der Waals surface area contributed by atoms with Crippen molar-refractivity contribution in [3.63, 3.8) is 0 Å². The number of ether oxygens (including phenoxy) is 3. The second-order valence-electron chi connectivity index (χ2n) is 6.51. The van der Waals surface area contributed by atoms with Crippen LogP contribution < -0.4 is 0 Å². The van der Waals surface area contributed by atoms with Crippen molar-refractivity contribution in [3.8, 4) is 0 Å². The minimum Gasteiger partial charge on any atom is -0.466 e. The van der Waals surface area contributed by atoms with E-state index in [4.69, 9.17) is 14.2 Å². The highest BCUT2D eigenvalue weighted by Crippen LogP contribution is 2.52. The van der Waals surface area contributed by atoms with Gasteiger partial charge in [-0.25, -0.2) is 0 Å². The Bertz CT molecular complexity index is 527. The van der Waals surface area contributed by atoms with Crippen molar-refractivity contribution in [2.75, 3.05) is 26.3 Å². The molecule has 0 aliphatic carbocycles. The van der Waals surface area contributed by atoms with Gasteiger partial charge in [0.2, 0.25) is 5.91 Å². The van der Waals surface area contributed by atoms with Gasteiger partial charge in [0.1, 0.15) is 11.5 Å². The number of carbonyl (C=O) groups is 2. The molecule has 4 rings (SSSR count). The third-order valence-electron chi connectivity index (χ3n) is 5.19. The van der Waals surface area contributed by atoms with Gasteiger partial charge in [-0.15, -0.1) is 0 Å². The number of carbonyl (C=O) groups excluding carboxylic acids is 2. The monoisotopic (exact) mass is 307 g/mol. The van der Waals surface area contributed by atoms with Crippen LogP contribution in [-0.4, -0.2) is 60.9 Å².